The van der Waals surface area contributed by atoms with Gasteiger partial charge in [-0.3, -0.25) is 0 Å². The maximum absolute atomic E-state index is 13.0. The first-order valence-electron chi connectivity index (χ1n) is 3.65. The molecule has 1 aromatic heterocycles. The third-order valence-electron chi connectivity index (χ3n) is 1.59. The molecule has 1 aromatic rings. The van der Waals surface area contributed by atoms with Crippen LogP contribution in [0.3, 0.4) is 0 Å². The Labute approximate surface area is 90.4 Å². The smallest absolute Gasteiger partial charge is 0.358 e. The van der Waals surface area contributed by atoms with E-state index in [2.05, 4.69) is 20.9 Å². The molecule has 0 atom stereocenters. The van der Waals surface area contributed by atoms with E-state index < -0.39 is 28.7 Å². The van der Waals surface area contributed by atoms with Gasteiger partial charge < -0.3 is 10.1 Å². The van der Waals surface area contributed by atoms with Crippen molar-refractivity contribution in [2.45, 2.75) is 11.8 Å². The van der Waals surface area contributed by atoms with Gasteiger partial charge in [0.15, 0.2) is 0 Å². The summed E-state index contributed by atoms with van der Waals surface area (Å²) in [4.78, 5) is 12.1. The number of pyridine rings is 1. The minimum atomic E-state index is -2.98. The van der Waals surface area contributed by atoms with Crippen LogP contribution in [-0.2, 0) is 5.33 Å². The average Bonchev–Trinajstić information content (AvgIpc) is 2.16. The highest BCUT2D eigenvalue weighted by Crippen LogP contribution is 2.27. The van der Waals surface area contributed by atoms with Crippen LogP contribution in [0.15, 0.2) is 6.07 Å². The lowest BCUT2D eigenvalue weighted by atomic mass is 10.2. The Morgan fingerprint density at radius 3 is 2.60 bits per heavy atom. The van der Waals surface area contributed by atoms with Crippen LogP contribution in [0.5, 0.6) is 0 Å². The standard InChI is InChI=1S/C7H4BrF3N2O2/c8-2-3-1-4(9)7(13(14)15)12-5(3)6(10)11/h1,6H,2H2. The molecule has 0 radical (unpaired) electrons. The molecule has 1 heterocycles. The van der Waals surface area contributed by atoms with Crippen LogP contribution in [-0.4, -0.2) is 9.91 Å². The predicted octanol–water partition coefficient (Wildman–Crippen LogP) is 2.96. The Morgan fingerprint density at radius 1 is 1.60 bits per heavy atom. The second-order valence-electron chi connectivity index (χ2n) is 2.53. The van der Waals surface area contributed by atoms with Crippen molar-refractivity contribution in [3.8, 4) is 0 Å². The molecule has 8 heteroatoms. The van der Waals surface area contributed by atoms with E-state index in [0.717, 1.165) is 0 Å². The van der Waals surface area contributed by atoms with Crippen LogP contribution in [0.25, 0.3) is 0 Å². The normalized spacial score (nSPS) is 10.7. The van der Waals surface area contributed by atoms with E-state index in [-0.39, 0.29) is 10.9 Å². The highest BCUT2D eigenvalue weighted by atomic mass is 79.9. The lowest BCUT2D eigenvalue weighted by Crippen LogP contribution is -2.04. The van der Waals surface area contributed by atoms with Crippen molar-refractivity contribution >= 4 is 21.7 Å². The summed E-state index contributed by atoms with van der Waals surface area (Å²) >= 11 is 2.86. The zero-order valence-electron chi connectivity index (χ0n) is 7.08. The Morgan fingerprint density at radius 2 is 2.20 bits per heavy atom. The third-order valence-corrected chi connectivity index (χ3v) is 2.20. The fourth-order valence-corrected chi connectivity index (χ4v) is 1.40. The van der Waals surface area contributed by atoms with Crippen molar-refractivity contribution in [3.63, 3.8) is 0 Å². The summed E-state index contributed by atoms with van der Waals surface area (Å²) in [6.07, 6.45) is -2.98. The first-order chi connectivity index (χ1) is 6.97. The van der Waals surface area contributed by atoms with Crippen LogP contribution >= 0.6 is 15.9 Å². The second kappa shape index (κ2) is 4.56. The van der Waals surface area contributed by atoms with Crippen molar-refractivity contribution in [2.75, 3.05) is 0 Å². The summed E-state index contributed by atoms with van der Waals surface area (Å²) in [7, 11) is 0. The number of nitro groups is 1. The van der Waals surface area contributed by atoms with Gasteiger partial charge in [-0.05, 0) is 16.0 Å². The van der Waals surface area contributed by atoms with Gasteiger partial charge in [-0.1, -0.05) is 15.9 Å². The minimum absolute atomic E-state index is 0.0470. The Kier molecular flexibility index (Phi) is 3.61. The van der Waals surface area contributed by atoms with Gasteiger partial charge in [0.2, 0.25) is 11.5 Å². The van der Waals surface area contributed by atoms with E-state index in [1.165, 1.54) is 0 Å². The molecule has 0 saturated carbocycles. The molecule has 0 saturated heterocycles. The molecule has 4 nitrogen and oxygen atoms in total. The van der Waals surface area contributed by atoms with Crippen molar-refractivity contribution in [1.82, 2.24) is 4.98 Å². The molecule has 0 aliphatic heterocycles. The maximum atomic E-state index is 13.0. The predicted molar refractivity (Wildman–Crippen MR) is 48.4 cm³/mol. The monoisotopic (exact) mass is 284 g/mol. The Balaban J connectivity index is 3.37. The van der Waals surface area contributed by atoms with Gasteiger partial charge in [-0.15, -0.1) is 0 Å². The van der Waals surface area contributed by atoms with E-state index >= 15 is 0 Å². The highest BCUT2D eigenvalue weighted by Gasteiger charge is 2.26. The Bertz CT molecular complexity index is 400. The average molecular weight is 285 g/mol. The second-order valence-corrected chi connectivity index (χ2v) is 3.09. The number of alkyl halides is 3. The van der Waals surface area contributed by atoms with Gasteiger partial charge in [0, 0.05) is 10.9 Å². The SMILES string of the molecule is O=[N+]([O-])c1nc(C(F)F)c(CBr)cc1F. The lowest BCUT2D eigenvalue weighted by molar-refractivity contribution is -0.392. The molecular formula is C7H4BrF3N2O2. The van der Waals surface area contributed by atoms with Crippen molar-refractivity contribution in [2.24, 2.45) is 0 Å². The summed E-state index contributed by atoms with van der Waals surface area (Å²) in [6, 6.07) is 0.682. The minimum Gasteiger partial charge on any atom is -0.358 e. The molecule has 0 unspecified atom stereocenters. The summed E-state index contributed by atoms with van der Waals surface area (Å²) < 4.78 is 37.7. The van der Waals surface area contributed by atoms with Crippen LogP contribution in [0.2, 0.25) is 0 Å². The zero-order valence-corrected chi connectivity index (χ0v) is 8.67. The van der Waals surface area contributed by atoms with Crippen molar-refractivity contribution in [1.29, 1.82) is 0 Å². The Hall–Kier alpha value is -1.18. The van der Waals surface area contributed by atoms with Gasteiger partial charge in [-0.25, -0.2) is 8.78 Å². The van der Waals surface area contributed by atoms with Gasteiger partial charge in [0.05, 0.1) is 0 Å². The third kappa shape index (κ3) is 2.44. The number of hydrogen-bond acceptors (Lipinski definition) is 3. The van der Waals surface area contributed by atoms with Gasteiger partial charge in [-0.2, -0.15) is 4.39 Å². The number of nitrogens with zero attached hydrogens (tertiary/aromatic N) is 2. The quantitative estimate of drug-likeness (QED) is 0.487. The first kappa shape index (κ1) is 11.9. The fourth-order valence-electron chi connectivity index (χ4n) is 0.955. The molecule has 0 fully saturated rings. The first-order valence-corrected chi connectivity index (χ1v) is 4.77. The fraction of sp³-hybridized carbons (Fsp3) is 0.286. The number of rotatable bonds is 3. The van der Waals surface area contributed by atoms with Crippen molar-refractivity contribution in [3.05, 3.63) is 33.3 Å². The van der Waals surface area contributed by atoms with Gasteiger partial charge in [0.25, 0.3) is 0 Å². The molecule has 0 aromatic carbocycles. The van der Waals surface area contributed by atoms with E-state index in [1.54, 1.807) is 0 Å². The molecule has 0 bridgehead atoms. The molecule has 15 heavy (non-hydrogen) atoms. The summed E-state index contributed by atoms with van der Waals surface area (Å²) in [5, 5.41) is 10.2. The number of aromatic nitrogens is 1. The molecule has 0 spiro atoms. The molecule has 0 aliphatic carbocycles. The largest absolute Gasteiger partial charge is 0.400 e. The van der Waals surface area contributed by atoms with E-state index in [9.17, 15) is 23.3 Å². The van der Waals surface area contributed by atoms with Crippen LogP contribution in [0.4, 0.5) is 19.0 Å². The number of hydrogen-bond donors (Lipinski definition) is 0. The van der Waals surface area contributed by atoms with E-state index in [0.29, 0.717) is 6.07 Å². The molecule has 0 amide bonds. The molecule has 82 valence electrons. The maximum Gasteiger partial charge on any atom is 0.400 e. The van der Waals surface area contributed by atoms with E-state index in [1.807, 2.05) is 0 Å². The summed E-state index contributed by atoms with van der Waals surface area (Å²) in [6.45, 7) is 0. The summed E-state index contributed by atoms with van der Waals surface area (Å²) in [5.74, 6) is -2.41. The summed E-state index contributed by atoms with van der Waals surface area (Å²) in [5.41, 5.74) is -0.881. The van der Waals surface area contributed by atoms with Crippen LogP contribution in [0, 0.1) is 15.9 Å². The molecule has 0 N–H and O–H groups in total. The highest BCUT2D eigenvalue weighted by molar-refractivity contribution is 9.08. The number of halogens is 4. The van der Waals surface area contributed by atoms with Gasteiger partial charge >= 0.3 is 12.2 Å². The molecule has 1 rings (SSSR count). The van der Waals surface area contributed by atoms with Gasteiger partial charge in [0.1, 0.15) is 0 Å². The van der Waals surface area contributed by atoms with E-state index in [4.69, 9.17) is 0 Å². The zero-order chi connectivity index (χ0) is 11.6. The topological polar surface area (TPSA) is 56.0 Å². The van der Waals surface area contributed by atoms with Crippen LogP contribution < -0.4 is 0 Å². The van der Waals surface area contributed by atoms with Crippen LogP contribution in [0.1, 0.15) is 17.7 Å². The van der Waals surface area contributed by atoms with Crippen molar-refractivity contribution < 1.29 is 18.1 Å². The molecular weight excluding hydrogens is 281 g/mol. The lowest BCUT2D eigenvalue weighted by Gasteiger charge is -2.02. The molecule has 0 aliphatic rings.